The Kier molecular flexibility index (Phi) is 7.50. The Morgan fingerprint density at radius 1 is 1.29 bits per heavy atom. The van der Waals surface area contributed by atoms with Gasteiger partial charge in [-0.1, -0.05) is 6.08 Å². The van der Waals surface area contributed by atoms with Crippen molar-refractivity contribution in [3.05, 3.63) is 47.3 Å². The van der Waals surface area contributed by atoms with Crippen molar-refractivity contribution in [3.8, 4) is 6.07 Å². The summed E-state index contributed by atoms with van der Waals surface area (Å²) in [5.41, 5.74) is 1.53. The molecule has 1 atom stereocenters. The minimum Gasteiger partial charge on any atom is -0.464 e. The first-order valence-electron chi connectivity index (χ1n) is 7.75. The van der Waals surface area contributed by atoms with Gasteiger partial charge in [-0.25, -0.2) is 9.59 Å². The molecule has 0 fully saturated rings. The van der Waals surface area contributed by atoms with Crippen LogP contribution >= 0.6 is 0 Å². The summed E-state index contributed by atoms with van der Waals surface area (Å²) in [4.78, 5) is 25.4. The zero-order valence-electron chi connectivity index (χ0n) is 14.4. The first kappa shape index (κ1) is 19.2. The third-order valence-electron chi connectivity index (χ3n) is 3.24. The highest BCUT2D eigenvalue weighted by Crippen LogP contribution is 2.21. The van der Waals surface area contributed by atoms with Gasteiger partial charge in [0.25, 0.3) is 0 Å². The average molecular weight is 330 g/mol. The van der Waals surface area contributed by atoms with E-state index in [0.29, 0.717) is 12.3 Å². The number of hydrogen-bond donors (Lipinski definition) is 0. The molecular formula is C18H22N2O4. The fourth-order valence-electron chi connectivity index (χ4n) is 2.02. The molecule has 1 heterocycles. The van der Waals surface area contributed by atoms with E-state index < -0.39 is 12.0 Å². The Labute approximate surface area is 142 Å². The Morgan fingerprint density at radius 3 is 2.54 bits per heavy atom. The fourth-order valence-corrected chi connectivity index (χ4v) is 2.02. The van der Waals surface area contributed by atoms with Gasteiger partial charge in [0.15, 0.2) is 0 Å². The molecule has 6 nitrogen and oxygen atoms in total. The van der Waals surface area contributed by atoms with Crippen molar-refractivity contribution in [1.29, 1.82) is 5.26 Å². The van der Waals surface area contributed by atoms with Crippen molar-refractivity contribution in [1.82, 2.24) is 4.90 Å². The number of allylic oxidation sites excluding steroid dienone is 5. The van der Waals surface area contributed by atoms with Gasteiger partial charge in [0.1, 0.15) is 17.7 Å². The second kappa shape index (κ2) is 9.36. The van der Waals surface area contributed by atoms with Crippen molar-refractivity contribution in [3.63, 3.8) is 0 Å². The van der Waals surface area contributed by atoms with Gasteiger partial charge in [0, 0.05) is 11.9 Å². The van der Waals surface area contributed by atoms with Crippen LogP contribution in [0.2, 0.25) is 0 Å². The van der Waals surface area contributed by atoms with Gasteiger partial charge >= 0.3 is 11.9 Å². The Balaban J connectivity index is 3.10. The van der Waals surface area contributed by atoms with E-state index in [0.717, 1.165) is 5.57 Å². The molecular weight excluding hydrogens is 308 g/mol. The number of carbonyl (C=O) groups excluding carboxylic acids is 2. The SMILES string of the molecule is CCOC(=O)/C(C#N)=C/C=C1\C=CC(C)=CN1C(C)C(=O)OCC. The summed E-state index contributed by atoms with van der Waals surface area (Å²) in [7, 11) is 0. The highest BCUT2D eigenvalue weighted by Gasteiger charge is 2.23. The first-order valence-corrected chi connectivity index (χ1v) is 7.75. The summed E-state index contributed by atoms with van der Waals surface area (Å²) in [6, 6.07) is 1.28. The van der Waals surface area contributed by atoms with Crippen molar-refractivity contribution in [2.24, 2.45) is 0 Å². The Bertz CT molecular complexity index is 650. The summed E-state index contributed by atoms with van der Waals surface area (Å²) in [5.74, 6) is -1.02. The number of rotatable bonds is 6. The maximum absolute atomic E-state index is 12.0. The van der Waals surface area contributed by atoms with E-state index in [-0.39, 0.29) is 18.1 Å². The molecule has 0 aromatic carbocycles. The second-order valence-corrected chi connectivity index (χ2v) is 5.05. The van der Waals surface area contributed by atoms with Crippen LogP contribution in [-0.4, -0.2) is 36.1 Å². The van der Waals surface area contributed by atoms with Crippen LogP contribution in [0.15, 0.2) is 47.3 Å². The number of hydrogen-bond acceptors (Lipinski definition) is 6. The van der Waals surface area contributed by atoms with E-state index in [1.54, 1.807) is 31.7 Å². The quantitative estimate of drug-likeness (QED) is 0.423. The van der Waals surface area contributed by atoms with Crippen molar-refractivity contribution < 1.29 is 19.1 Å². The van der Waals surface area contributed by atoms with Gasteiger partial charge in [-0.3, -0.25) is 0 Å². The molecule has 1 unspecified atom stereocenters. The molecule has 0 aromatic rings. The van der Waals surface area contributed by atoms with Crippen LogP contribution in [0, 0.1) is 11.3 Å². The van der Waals surface area contributed by atoms with Crippen molar-refractivity contribution >= 4 is 11.9 Å². The van der Waals surface area contributed by atoms with Crippen LogP contribution in [0.1, 0.15) is 27.7 Å². The molecule has 0 bridgehead atoms. The summed E-state index contributed by atoms with van der Waals surface area (Å²) in [6.45, 7) is 7.56. The summed E-state index contributed by atoms with van der Waals surface area (Å²) >= 11 is 0. The second-order valence-electron chi connectivity index (χ2n) is 5.05. The standard InChI is InChI=1S/C18H22N2O4/c1-5-23-17(21)14(4)20-12-13(3)7-9-16(20)10-8-15(11-19)18(22)24-6-2/h7-10,12,14H,5-6H2,1-4H3/b15-8+,16-10+. The van der Waals surface area contributed by atoms with E-state index in [9.17, 15) is 9.59 Å². The maximum atomic E-state index is 12.0. The van der Waals surface area contributed by atoms with Gasteiger partial charge in [0.2, 0.25) is 0 Å². The Hall–Kier alpha value is -2.81. The summed E-state index contributed by atoms with van der Waals surface area (Å²) in [6.07, 6.45) is 8.49. The topological polar surface area (TPSA) is 79.6 Å². The minimum atomic E-state index is -0.673. The molecule has 0 radical (unpaired) electrons. The molecule has 6 heteroatoms. The lowest BCUT2D eigenvalue weighted by atomic mass is 10.1. The van der Waals surface area contributed by atoms with E-state index in [2.05, 4.69) is 0 Å². The van der Waals surface area contributed by atoms with Crippen LogP contribution in [0.25, 0.3) is 0 Å². The lowest BCUT2D eigenvalue weighted by Crippen LogP contribution is -2.36. The molecule has 0 aromatic heterocycles. The fraction of sp³-hybridized carbons (Fsp3) is 0.389. The molecule has 0 saturated heterocycles. The molecule has 24 heavy (non-hydrogen) atoms. The van der Waals surface area contributed by atoms with Gasteiger partial charge < -0.3 is 14.4 Å². The van der Waals surface area contributed by atoms with E-state index in [1.807, 2.05) is 31.3 Å². The zero-order chi connectivity index (χ0) is 18.1. The van der Waals surface area contributed by atoms with E-state index >= 15 is 0 Å². The van der Waals surface area contributed by atoms with Crippen LogP contribution < -0.4 is 0 Å². The van der Waals surface area contributed by atoms with Gasteiger partial charge in [-0.15, -0.1) is 0 Å². The number of nitrogens with zero attached hydrogens (tertiary/aromatic N) is 2. The molecule has 0 spiro atoms. The van der Waals surface area contributed by atoms with Crippen LogP contribution in [0.4, 0.5) is 0 Å². The highest BCUT2D eigenvalue weighted by atomic mass is 16.5. The van der Waals surface area contributed by atoms with Crippen molar-refractivity contribution in [2.45, 2.75) is 33.7 Å². The predicted octanol–water partition coefficient (Wildman–Crippen LogP) is 2.61. The van der Waals surface area contributed by atoms with E-state index in [1.165, 1.54) is 6.08 Å². The lowest BCUT2D eigenvalue weighted by Gasteiger charge is -2.29. The van der Waals surface area contributed by atoms with Crippen LogP contribution in [-0.2, 0) is 19.1 Å². The van der Waals surface area contributed by atoms with Gasteiger partial charge in [-0.05, 0) is 51.5 Å². The average Bonchev–Trinajstić information content (AvgIpc) is 2.56. The number of ether oxygens (including phenoxy) is 2. The van der Waals surface area contributed by atoms with E-state index in [4.69, 9.17) is 14.7 Å². The molecule has 0 N–H and O–H groups in total. The van der Waals surface area contributed by atoms with Crippen molar-refractivity contribution in [2.75, 3.05) is 13.2 Å². The molecule has 1 aliphatic rings. The molecule has 1 rings (SSSR count). The van der Waals surface area contributed by atoms with Crippen LogP contribution in [0.3, 0.4) is 0 Å². The summed E-state index contributed by atoms with van der Waals surface area (Å²) in [5, 5.41) is 9.06. The number of carbonyl (C=O) groups is 2. The first-order chi connectivity index (χ1) is 11.4. The molecule has 1 aliphatic heterocycles. The van der Waals surface area contributed by atoms with Crippen LogP contribution in [0.5, 0.6) is 0 Å². The highest BCUT2D eigenvalue weighted by molar-refractivity contribution is 5.93. The molecule has 0 amide bonds. The lowest BCUT2D eigenvalue weighted by molar-refractivity contribution is -0.147. The zero-order valence-corrected chi connectivity index (χ0v) is 14.4. The van der Waals surface area contributed by atoms with Gasteiger partial charge in [-0.2, -0.15) is 5.26 Å². The monoisotopic (exact) mass is 330 g/mol. The summed E-state index contributed by atoms with van der Waals surface area (Å²) < 4.78 is 9.87. The molecule has 0 saturated carbocycles. The number of esters is 2. The largest absolute Gasteiger partial charge is 0.464 e. The third-order valence-corrected chi connectivity index (χ3v) is 3.24. The molecule has 128 valence electrons. The Morgan fingerprint density at radius 2 is 1.96 bits per heavy atom. The normalized spacial score (nSPS) is 17.1. The third kappa shape index (κ3) is 5.13. The predicted molar refractivity (Wildman–Crippen MR) is 89.2 cm³/mol. The molecule has 0 aliphatic carbocycles. The number of nitriles is 1. The minimum absolute atomic E-state index is 0.104. The smallest absolute Gasteiger partial charge is 0.348 e. The maximum Gasteiger partial charge on any atom is 0.348 e. The van der Waals surface area contributed by atoms with Gasteiger partial charge in [0.05, 0.1) is 13.2 Å².